The van der Waals surface area contributed by atoms with Gasteiger partial charge in [-0.15, -0.1) is 10.2 Å². The predicted molar refractivity (Wildman–Crippen MR) is 122 cm³/mol. The fraction of sp³-hybridized carbons (Fsp3) is 0.300. The number of hydrogen-bond acceptors (Lipinski definition) is 9. The molecule has 0 radical (unpaired) electrons. The van der Waals surface area contributed by atoms with Gasteiger partial charge < -0.3 is 14.5 Å². The van der Waals surface area contributed by atoms with Gasteiger partial charge in [0.05, 0.1) is 24.3 Å². The van der Waals surface area contributed by atoms with E-state index < -0.39 is 0 Å². The van der Waals surface area contributed by atoms with Crippen LogP contribution in [0.5, 0.6) is 0 Å². The van der Waals surface area contributed by atoms with Gasteiger partial charge in [-0.1, -0.05) is 46.8 Å². The fourth-order valence-corrected chi connectivity index (χ4v) is 4.80. The number of carbonyl (C=O) groups is 1. The highest BCUT2D eigenvalue weighted by atomic mass is 35.5. The lowest BCUT2D eigenvalue weighted by atomic mass is 10.0. The van der Waals surface area contributed by atoms with Crippen LogP contribution >= 0.6 is 34.7 Å². The molecule has 0 saturated heterocycles. The number of aromatic nitrogens is 2. The van der Waals surface area contributed by atoms with Crippen molar-refractivity contribution in [1.82, 2.24) is 15.2 Å². The Morgan fingerprint density at radius 2 is 2.19 bits per heavy atom. The Kier molecular flexibility index (Phi) is 7.23. The second-order valence-electron chi connectivity index (χ2n) is 6.61. The maximum atomic E-state index is 13.0. The molecule has 2 aromatic heterocycles. The monoisotopic (exact) mass is 477 g/mol. The third kappa shape index (κ3) is 5.45. The Morgan fingerprint density at radius 1 is 1.35 bits per heavy atom. The average molecular weight is 478 g/mol. The number of ether oxygens (including phenoxy) is 1. The summed E-state index contributed by atoms with van der Waals surface area (Å²) >= 11 is 8.74. The number of anilines is 1. The number of nitrogens with zero attached hydrogens (tertiary/aromatic N) is 4. The first-order valence-corrected chi connectivity index (χ1v) is 11.7. The summed E-state index contributed by atoms with van der Waals surface area (Å²) in [6.45, 7) is 1.23. The molecule has 8 nitrogen and oxygen atoms in total. The van der Waals surface area contributed by atoms with Gasteiger partial charge in [0.25, 0.3) is 5.91 Å². The van der Waals surface area contributed by atoms with Crippen molar-refractivity contribution < 1.29 is 13.9 Å². The van der Waals surface area contributed by atoms with E-state index in [0.717, 1.165) is 11.3 Å². The molecule has 0 spiro atoms. The molecule has 1 N–H and O–H groups in total. The van der Waals surface area contributed by atoms with Crippen molar-refractivity contribution in [3.05, 3.63) is 59.0 Å². The van der Waals surface area contributed by atoms with Crippen molar-refractivity contribution in [2.24, 2.45) is 5.10 Å². The Bertz CT molecular complexity index is 1040. The van der Waals surface area contributed by atoms with E-state index in [-0.39, 0.29) is 17.7 Å². The second-order valence-corrected chi connectivity index (χ2v) is 9.25. The average Bonchev–Trinajstić information content (AvgIpc) is 3.53. The molecule has 31 heavy (non-hydrogen) atoms. The molecule has 162 valence electrons. The van der Waals surface area contributed by atoms with Gasteiger partial charge in [0, 0.05) is 25.1 Å². The summed E-state index contributed by atoms with van der Waals surface area (Å²) in [5.74, 6) is 0.771. The Balaban J connectivity index is 1.44. The van der Waals surface area contributed by atoms with Crippen LogP contribution in [-0.4, -0.2) is 52.8 Å². The topological polar surface area (TPSA) is 92.8 Å². The van der Waals surface area contributed by atoms with Crippen molar-refractivity contribution in [1.29, 1.82) is 0 Å². The first kappa shape index (κ1) is 21.8. The zero-order chi connectivity index (χ0) is 21.6. The first-order valence-electron chi connectivity index (χ1n) is 9.52. The molecular weight excluding hydrogens is 458 g/mol. The predicted octanol–water partition coefficient (Wildman–Crippen LogP) is 4.31. The molecule has 1 amide bonds. The highest BCUT2D eigenvalue weighted by molar-refractivity contribution is 8.01. The molecule has 0 saturated carbocycles. The van der Waals surface area contributed by atoms with Crippen LogP contribution in [0.3, 0.4) is 0 Å². The molecule has 0 fully saturated rings. The summed E-state index contributed by atoms with van der Waals surface area (Å²) in [5.41, 5.74) is 1.75. The minimum Gasteiger partial charge on any atom is -0.467 e. The third-order valence-corrected chi connectivity index (χ3v) is 6.77. The number of hydrogen-bond donors (Lipinski definition) is 1. The summed E-state index contributed by atoms with van der Waals surface area (Å²) in [4.78, 5) is 13.0. The molecule has 0 aliphatic carbocycles. The van der Waals surface area contributed by atoms with Crippen LogP contribution in [0.4, 0.5) is 5.13 Å². The normalized spacial score (nSPS) is 15.9. The van der Waals surface area contributed by atoms with Crippen LogP contribution in [0.1, 0.15) is 23.8 Å². The van der Waals surface area contributed by atoms with Gasteiger partial charge in [0.1, 0.15) is 11.8 Å². The van der Waals surface area contributed by atoms with Crippen molar-refractivity contribution >= 4 is 51.5 Å². The maximum Gasteiger partial charge on any atom is 0.253 e. The number of carbonyl (C=O) groups excluding carboxylic acids is 1. The van der Waals surface area contributed by atoms with Crippen molar-refractivity contribution in [2.75, 3.05) is 31.3 Å². The van der Waals surface area contributed by atoms with Gasteiger partial charge in [0.15, 0.2) is 4.34 Å². The number of methoxy groups -OCH3 is 1. The highest BCUT2D eigenvalue weighted by Crippen LogP contribution is 2.34. The van der Waals surface area contributed by atoms with E-state index in [2.05, 4.69) is 20.6 Å². The number of furan rings is 1. The molecule has 4 rings (SSSR count). The number of amides is 1. The van der Waals surface area contributed by atoms with Crippen LogP contribution in [-0.2, 0) is 9.53 Å². The van der Waals surface area contributed by atoms with Crippen molar-refractivity contribution in [3.63, 3.8) is 0 Å². The summed E-state index contributed by atoms with van der Waals surface area (Å²) in [5, 5.41) is 18.8. The minimum absolute atomic E-state index is 0.126. The molecule has 3 heterocycles. The molecule has 1 aromatic carbocycles. The molecule has 11 heteroatoms. The lowest BCUT2D eigenvalue weighted by Crippen LogP contribution is -2.28. The van der Waals surface area contributed by atoms with Crippen LogP contribution in [0.25, 0.3) is 0 Å². The number of benzene rings is 1. The SMILES string of the molecule is COCCNc1nnc(SCC(=O)N2N=C(c3ccc(Cl)cc3)C[C@H]2c2ccco2)s1. The van der Waals surface area contributed by atoms with Crippen LogP contribution in [0, 0.1) is 0 Å². The number of hydrazone groups is 1. The van der Waals surface area contributed by atoms with Gasteiger partial charge >= 0.3 is 0 Å². The maximum absolute atomic E-state index is 13.0. The Hall–Kier alpha value is -2.40. The molecule has 0 bridgehead atoms. The zero-order valence-electron chi connectivity index (χ0n) is 16.7. The van der Waals surface area contributed by atoms with Gasteiger partial charge in [-0.25, -0.2) is 5.01 Å². The summed E-state index contributed by atoms with van der Waals surface area (Å²) in [6, 6.07) is 10.8. The van der Waals surface area contributed by atoms with Crippen LogP contribution in [0.2, 0.25) is 5.02 Å². The number of rotatable bonds is 9. The van der Waals surface area contributed by atoms with E-state index in [1.807, 2.05) is 36.4 Å². The summed E-state index contributed by atoms with van der Waals surface area (Å²) in [7, 11) is 1.64. The molecular formula is C20H20ClN5O3S2. The van der Waals surface area contributed by atoms with E-state index in [9.17, 15) is 4.79 Å². The largest absolute Gasteiger partial charge is 0.467 e. The van der Waals surface area contributed by atoms with Crippen molar-refractivity contribution in [2.45, 2.75) is 16.8 Å². The van der Waals surface area contributed by atoms with Gasteiger partial charge in [-0.3, -0.25) is 4.79 Å². The Labute approximate surface area is 192 Å². The lowest BCUT2D eigenvalue weighted by molar-refractivity contribution is -0.130. The molecule has 3 aromatic rings. The Morgan fingerprint density at radius 3 is 2.94 bits per heavy atom. The molecule has 1 aliphatic heterocycles. The number of halogens is 1. The van der Waals surface area contributed by atoms with Gasteiger partial charge in [-0.05, 0) is 29.8 Å². The van der Waals surface area contributed by atoms with E-state index in [0.29, 0.717) is 39.8 Å². The first-order chi connectivity index (χ1) is 15.1. The van der Waals surface area contributed by atoms with Gasteiger partial charge in [0.2, 0.25) is 5.13 Å². The van der Waals surface area contributed by atoms with Crippen molar-refractivity contribution in [3.8, 4) is 0 Å². The zero-order valence-corrected chi connectivity index (χ0v) is 19.0. The standard InChI is InChI=1S/C20H20ClN5O3S2/c1-28-10-8-22-19-23-24-20(31-19)30-12-18(27)26-16(17-3-2-9-29-17)11-15(25-26)13-4-6-14(21)7-5-13/h2-7,9,16H,8,10-12H2,1H3,(H,22,23)/t16-/m0/s1. The van der Waals surface area contributed by atoms with E-state index >= 15 is 0 Å². The summed E-state index contributed by atoms with van der Waals surface area (Å²) in [6.07, 6.45) is 2.17. The third-order valence-electron chi connectivity index (χ3n) is 4.52. The lowest BCUT2D eigenvalue weighted by Gasteiger charge is -2.19. The highest BCUT2D eigenvalue weighted by Gasteiger charge is 2.34. The van der Waals surface area contributed by atoms with E-state index in [4.69, 9.17) is 20.8 Å². The van der Waals surface area contributed by atoms with E-state index in [1.165, 1.54) is 28.1 Å². The van der Waals surface area contributed by atoms with E-state index in [1.54, 1.807) is 13.4 Å². The van der Waals surface area contributed by atoms with Crippen LogP contribution < -0.4 is 5.32 Å². The van der Waals surface area contributed by atoms with Crippen LogP contribution in [0.15, 0.2) is 56.5 Å². The number of nitrogens with one attached hydrogen (secondary N) is 1. The number of thioether (sulfide) groups is 1. The molecule has 0 unspecified atom stereocenters. The smallest absolute Gasteiger partial charge is 0.253 e. The molecule has 1 atom stereocenters. The quantitative estimate of drug-likeness (QED) is 0.362. The summed E-state index contributed by atoms with van der Waals surface area (Å²) < 4.78 is 11.3. The fourth-order valence-electron chi connectivity index (χ4n) is 3.05. The minimum atomic E-state index is -0.283. The second kappa shape index (κ2) is 10.3. The molecule has 1 aliphatic rings. The van der Waals surface area contributed by atoms with Gasteiger partial charge in [-0.2, -0.15) is 5.10 Å².